The summed E-state index contributed by atoms with van der Waals surface area (Å²) in [6.07, 6.45) is 7.97. The van der Waals surface area contributed by atoms with Gasteiger partial charge in [0.2, 0.25) is 0 Å². The van der Waals surface area contributed by atoms with Crippen molar-refractivity contribution in [2.24, 2.45) is 17.3 Å². The Balaban J connectivity index is 2.26. The highest BCUT2D eigenvalue weighted by atomic mass is 16.3. The zero-order valence-corrected chi connectivity index (χ0v) is 11.2. The summed E-state index contributed by atoms with van der Waals surface area (Å²) in [7, 11) is 0. The Morgan fingerprint density at radius 2 is 1.94 bits per heavy atom. The summed E-state index contributed by atoms with van der Waals surface area (Å²) in [5.41, 5.74) is 1.50. The first-order valence-electron chi connectivity index (χ1n) is 6.68. The molecule has 0 aromatic heterocycles. The molecule has 0 spiro atoms. The molecule has 1 nitrogen and oxygen atoms in total. The lowest BCUT2D eigenvalue weighted by molar-refractivity contribution is -0.0271. The average Bonchev–Trinajstić information content (AvgIpc) is 2.39. The molecule has 0 heterocycles. The molecule has 1 saturated carbocycles. The SMILES string of the molecule is C/C1=C/CC[C@](C)(O)[C@@H]2CC(C)(C)C[C@@H]2C1. The average molecular weight is 222 g/mol. The van der Waals surface area contributed by atoms with Crippen LogP contribution < -0.4 is 0 Å². The van der Waals surface area contributed by atoms with Crippen molar-refractivity contribution < 1.29 is 5.11 Å². The van der Waals surface area contributed by atoms with E-state index in [1.165, 1.54) is 24.8 Å². The van der Waals surface area contributed by atoms with Crippen molar-refractivity contribution in [2.45, 2.75) is 65.4 Å². The van der Waals surface area contributed by atoms with Gasteiger partial charge in [-0.25, -0.2) is 0 Å². The van der Waals surface area contributed by atoms with E-state index in [9.17, 15) is 5.11 Å². The van der Waals surface area contributed by atoms with Gasteiger partial charge in [-0.2, -0.15) is 0 Å². The minimum absolute atomic E-state index is 0.421. The Bertz CT molecular complexity index is 299. The topological polar surface area (TPSA) is 20.2 Å². The summed E-state index contributed by atoms with van der Waals surface area (Å²) in [5.74, 6) is 1.20. The Morgan fingerprint density at radius 1 is 1.25 bits per heavy atom. The first-order valence-corrected chi connectivity index (χ1v) is 6.68. The van der Waals surface area contributed by atoms with E-state index < -0.39 is 5.60 Å². The third-order valence-electron chi connectivity index (χ3n) is 4.68. The number of rotatable bonds is 0. The molecular formula is C15H26O. The Labute approximate surface area is 99.9 Å². The van der Waals surface area contributed by atoms with Gasteiger partial charge in [0.1, 0.15) is 0 Å². The molecule has 0 bridgehead atoms. The summed E-state index contributed by atoms with van der Waals surface area (Å²) >= 11 is 0. The van der Waals surface area contributed by atoms with E-state index in [2.05, 4.69) is 33.8 Å². The maximum Gasteiger partial charge on any atom is 0.0653 e. The molecule has 1 heteroatoms. The van der Waals surface area contributed by atoms with Crippen LogP contribution in [0.2, 0.25) is 0 Å². The molecule has 2 rings (SSSR count). The number of hydrogen-bond donors (Lipinski definition) is 1. The van der Waals surface area contributed by atoms with Gasteiger partial charge in [-0.15, -0.1) is 0 Å². The van der Waals surface area contributed by atoms with E-state index in [1.54, 1.807) is 0 Å². The molecule has 0 radical (unpaired) electrons. The lowest BCUT2D eigenvalue weighted by Crippen LogP contribution is -2.37. The Kier molecular flexibility index (Phi) is 2.94. The van der Waals surface area contributed by atoms with Gasteiger partial charge in [-0.05, 0) is 63.2 Å². The highest BCUT2D eigenvalue weighted by molar-refractivity contribution is 5.08. The lowest BCUT2D eigenvalue weighted by Gasteiger charge is -2.36. The monoisotopic (exact) mass is 222 g/mol. The second-order valence-electron chi connectivity index (χ2n) is 7.09. The van der Waals surface area contributed by atoms with Crippen molar-refractivity contribution in [2.75, 3.05) is 0 Å². The second-order valence-corrected chi connectivity index (χ2v) is 7.09. The smallest absolute Gasteiger partial charge is 0.0653 e. The van der Waals surface area contributed by atoms with Crippen LogP contribution in [0.3, 0.4) is 0 Å². The van der Waals surface area contributed by atoms with Gasteiger partial charge in [0.05, 0.1) is 5.60 Å². The predicted octanol–water partition coefficient (Wildman–Crippen LogP) is 3.92. The fraction of sp³-hybridized carbons (Fsp3) is 0.867. The zero-order valence-electron chi connectivity index (χ0n) is 11.2. The van der Waals surface area contributed by atoms with Crippen LogP contribution in [-0.4, -0.2) is 10.7 Å². The van der Waals surface area contributed by atoms with Gasteiger partial charge in [0, 0.05) is 0 Å². The molecule has 0 aliphatic heterocycles. The highest BCUT2D eigenvalue weighted by Gasteiger charge is 2.47. The van der Waals surface area contributed by atoms with Crippen molar-refractivity contribution >= 4 is 0 Å². The molecular weight excluding hydrogens is 196 g/mol. The molecule has 0 aromatic carbocycles. The van der Waals surface area contributed by atoms with Crippen LogP contribution in [0.15, 0.2) is 11.6 Å². The standard InChI is InChI=1S/C15H26O/c1-11-6-5-7-15(4,16)13-10-14(2,3)9-12(13)8-11/h6,12-13,16H,5,7-10H2,1-4H3/b11-6-/t12-,13+,15-/m0/s1. The number of fused-ring (bicyclic) bond motifs is 1. The van der Waals surface area contributed by atoms with Gasteiger partial charge in [-0.3, -0.25) is 0 Å². The quantitative estimate of drug-likeness (QED) is 0.616. The molecule has 16 heavy (non-hydrogen) atoms. The second kappa shape index (κ2) is 3.87. The fourth-order valence-corrected chi connectivity index (χ4v) is 3.93. The van der Waals surface area contributed by atoms with E-state index in [-0.39, 0.29) is 0 Å². The van der Waals surface area contributed by atoms with Crippen LogP contribution in [0.4, 0.5) is 0 Å². The van der Waals surface area contributed by atoms with Crippen molar-refractivity contribution in [1.29, 1.82) is 0 Å². The van der Waals surface area contributed by atoms with Gasteiger partial charge in [0.15, 0.2) is 0 Å². The van der Waals surface area contributed by atoms with Crippen LogP contribution in [0, 0.1) is 17.3 Å². The Morgan fingerprint density at radius 3 is 2.62 bits per heavy atom. The summed E-state index contributed by atoms with van der Waals surface area (Å²) in [6, 6.07) is 0. The van der Waals surface area contributed by atoms with Gasteiger partial charge >= 0.3 is 0 Å². The lowest BCUT2D eigenvalue weighted by atomic mass is 9.74. The van der Waals surface area contributed by atoms with Crippen molar-refractivity contribution in [1.82, 2.24) is 0 Å². The van der Waals surface area contributed by atoms with Crippen LogP contribution in [-0.2, 0) is 0 Å². The molecule has 0 unspecified atom stereocenters. The van der Waals surface area contributed by atoms with Crippen LogP contribution >= 0.6 is 0 Å². The number of aliphatic hydroxyl groups is 1. The van der Waals surface area contributed by atoms with Gasteiger partial charge in [-0.1, -0.05) is 25.5 Å². The van der Waals surface area contributed by atoms with E-state index in [0.29, 0.717) is 17.3 Å². The summed E-state index contributed by atoms with van der Waals surface area (Å²) < 4.78 is 0. The molecule has 1 fully saturated rings. The largest absolute Gasteiger partial charge is 0.390 e. The Hall–Kier alpha value is -0.300. The van der Waals surface area contributed by atoms with Crippen LogP contribution in [0.25, 0.3) is 0 Å². The fourth-order valence-electron chi connectivity index (χ4n) is 3.93. The van der Waals surface area contributed by atoms with Gasteiger partial charge in [0.25, 0.3) is 0 Å². The maximum atomic E-state index is 10.6. The predicted molar refractivity (Wildman–Crippen MR) is 68.2 cm³/mol. The molecule has 2 aliphatic carbocycles. The van der Waals surface area contributed by atoms with Crippen molar-refractivity contribution in [3.05, 3.63) is 11.6 Å². The molecule has 3 atom stereocenters. The normalized spacial score (nSPS) is 46.4. The highest BCUT2D eigenvalue weighted by Crippen LogP contribution is 2.52. The number of allylic oxidation sites excluding steroid dienone is 2. The van der Waals surface area contributed by atoms with E-state index in [1.807, 2.05) is 0 Å². The molecule has 92 valence electrons. The van der Waals surface area contributed by atoms with Gasteiger partial charge < -0.3 is 5.11 Å². The van der Waals surface area contributed by atoms with Crippen molar-refractivity contribution in [3.8, 4) is 0 Å². The van der Waals surface area contributed by atoms with Crippen LogP contribution in [0.5, 0.6) is 0 Å². The zero-order chi connectivity index (χ0) is 12.0. The molecule has 0 saturated heterocycles. The molecule has 1 N–H and O–H groups in total. The third-order valence-corrected chi connectivity index (χ3v) is 4.68. The van der Waals surface area contributed by atoms with E-state index in [0.717, 1.165) is 12.8 Å². The first-order chi connectivity index (χ1) is 7.30. The van der Waals surface area contributed by atoms with Crippen LogP contribution in [0.1, 0.15) is 59.8 Å². The third kappa shape index (κ3) is 2.34. The number of hydrogen-bond acceptors (Lipinski definition) is 1. The van der Waals surface area contributed by atoms with Crippen molar-refractivity contribution in [3.63, 3.8) is 0 Å². The summed E-state index contributed by atoms with van der Waals surface area (Å²) in [6.45, 7) is 9.02. The molecule has 0 aromatic rings. The maximum absolute atomic E-state index is 10.6. The van der Waals surface area contributed by atoms with E-state index >= 15 is 0 Å². The molecule has 0 amide bonds. The summed E-state index contributed by atoms with van der Waals surface area (Å²) in [4.78, 5) is 0. The summed E-state index contributed by atoms with van der Waals surface area (Å²) in [5, 5.41) is 10.6. The minimum Gasteiger partial charge on any atom is -0.390 e. The van der Waals surface area contributed by atoms with E-state index in [4.69, 9.17) is 0 Å². The minimum atomic E-state index is -0.449. The first kappa shape index (κ1) is 12.2. The molecule has 2 aliphatic rings.